The molecule has 0 saturated carbocycles. The van der Waals surface area contributed by atoms with E-state index >= 15 is 0 Å². The van der Waals surface area contributed by atoms with Gasteiger partial charge in [0.05, 0.1) is 40.7 Å². The number of hydrogen-bond acceptors (Lipinski definition) is 3. The quantitative estimate of drug-likeness (QED) is 0.571. The topological polar surface area (TPSA) is 70.7 Å². The van der Waals surface area contributed by atoms with Gasteiger partial charge in [-0.1, -0.05) is 0 Å². The van der Waals surface area contributed by atoms with Crippen molar-refractivity contribution in [3.63, 3.8) is 0 Å². The van der Waals surface area contributed by atoms with E-state index in [1.807, 2.05) is 0 Å². The largest absolute Gasteiger partial charge is 0.419 e. The molecule has 0 spiro atoms. The van der Waals surface area contributed by atoms with Gasteiger partial charge in [-0.3, -0.25) is 4.79 Å². The molecule has 1 heterocycles. The lowest BCUT2D eigenvalue weighted by Crippen LogP contribution is -2.24. The summed E-state index contributed by atoms with van der Waals surface area (Å²) in [5.41, 5.74) is -4.32. The molecule has 0 aliphatic rings. The van der Waals surface area contributed by atoms with Crippen LogP contribution < -0.4 is 5.32 Å². The Morgan fingerprint density at radius 3 is 2.19 bits per heavy atom. The van der Waals surface area contributed by atoms with E-state index in [4.69, 9.17) is 5.26 Å². The summed E-state index contributed by atoms with van der Waals surface area (Å²) in [6, 6.07) is 7.96. The molecule has 166 valence electrons. The number of carbonyl (C=O) groups excluding carboxylic acids is 1. The van der Waals surface area contributed by atoms with Gasteiger partial charge in [0.2, 0.25) is 0 Å². The van der Waals surface area contributed by atoms with Gasteiger partial charge in [0.15, 0.2) is 0 Å². The highest BCUT2D eigenvalue weighted by atomic mass is 19.4. The van der Waals surface area contributed by atoms with Crippen LogP contribution in [0, 0.1) is 17.1 Å². The first-order chi connectivity index (χ1) is 14.9. The zero-order chi connectivity index (χ0) is 23.7. The zero-order valence-corrected chi connectivity index (χ0v) is 15.7. The number of carbonyl (C=O) groups is 1. The van der Waals surface area contributed by atoms with Crippen LogP contribution in [0.15, 0.2) is 48.7 Å². The van der Waals surface area contributed by atoms with E-state index in [2.05, 4.69) is 10.4 Å². The number of alkyl halides is 6. The van der Waals surface area contributed by atoms with Gasteiger partial charge in [-0.2, -0.15) is 36.7 Å². The highest BCUT2D eigenvalue weighted by Gasteiger charge is 2.37. The van der Waals surface area contributed by atoms with Crippen LogP contribution in [0.3, 0.4) is 0 Å². The Hall–Kier alpha value is -3.88. The Bertz CT molecular complexity index is 1190. The molecule has 0 radical (unpaired) electrons. The van der Waals surface area contributed by atoms with Gasteiger partial charge in [0.25, 0.3) is 5.91 Å². The molecule has 1 aromatic heterocycles. The maximum absolute atomic E-state index is 13.4. The number of amides is 1. The molecule has 5 nitrogen and oxygen atoms in total. The molecule has 1 amide bonds. The Morgan fingerprint density at radius 2 is 1.62 bits per heavy atom. The highest BCUT2D eigenvalue weighted by Crippen LogP contribution is 2.35. The van der Waals surface area contributed by atoms with Crippen LogP contribution in [0.2, 0.25) is 0 Å². The lowest BCUT2D eigenvalue weighted by Gasteiger charge is -2.10. The first kappa shape index (κ1) is 22.8. The van der Waals surface area contributed by atoms with E-state index in [1.165, 1.54) is 6.07 Å². The van der Waals surface area contributed by atoms with Crippen LogP contribution in [0.25, 0.3) is 5.69 Å². The Kier molecular flexibility index (Phi) is 5.94. The smallest absolute Gasteiger partial charge is 0.346 e. The van der Waals surface area contributed by atoms with E-state index in [-0.39, 0.29) is 11.3 Å². The van der Waals surface area contributed by atoms with Gasteiger partial charge in [0, 0.05) is 11.8 Å². The average Bonchev–Trinajstić information content (AvgIpc) is 3.16. The van der Waals surface area contributed by atoms with E-state index in [0.717, 1.165) is 36.4 Å². The third-order valence-corrected chi connectivity index (χ3v) is 4.31. The summed E-state index contributed by atoms with van der Waals surface area (Å²) in [5.74, 6) is -1.41. The maximum Gasteiger partial charge on any atom is 0.419 e. The standard InChI is InChI=1S/C20H11F7N4O/c21-13-4-1-11(2-5-13)18(32)29-9-17-16(20(25,26)27)10-31(30-17)14-6-3-12(8-28)15(7-14)19(22,23)24/h1-7,10H,9H2,(H,29,32). The molecule has 0 unspecified atom stereocenters. The van der Waals surface area contributed by atoms with Crippen LogP contribution in [0.4, 0.5) is 30.7 Å². The van der Waals surface area contributed by atoms with E-state index < -0.39 is 53.0 Å². The van der Waals surface area contributed by atoms with E-state index in [0.29, 0.717) is 16.9 Å². The van der Waals surface area contributed by atoms with Crippen LogP contribution in [0.1, 0.15) is 32.7 Å². The summed E-state index contributed by atoms with van der Waals surface area (Å²) in [6.07, 6.45) is -9.33. The fourth-order valence-corrected chi connectivity index (χ4v) is 2.78. The zero-order valence-electron chi connectivity index (χ0n) is 15.7. The number of nitriles is 1. The Morgan fingerprint density at radius 1 is 1.00 bits per heavy atom. The highest BCUT2D eigenvalue weighted by molar-refractivity contribution is 5.94. The molecule has 0 saturated heterocycles. The Labute approximate surface area is 175 Å². The summed E-state index contributed by atoms with van der Waals surface area (Å²) in [4.78, 5) is 12.1. The van der Waals surface area contributed by atoms with Gasteiger partial charge in [-0.05, 0) is 42.5 Å². The predicted octanol–water partition coefficient (Wildman–Crippen LogP) is 4.85. The van der Waals surface area contributed by atoms with Crippen molar-refractivity contribution in [3.05, 3.63) is 82.4 Å². The molecule has 2 aromatic carbocycles. The van der Waals surface area contributed by atoms with Crippen LogP contribution >= 0.6 is 0 Å². The van der Waals surface area contributed by atoms with E-state index in [1.54, 1.807) is 0 Å². The monoisotopic (exact) mass is 456 g/mol. The molecular formula is C20H11F7N4O. The number of nitrogens with one attached hydrogen (secondary N) is 1. The minimum Gasteiger partial charge on any atom is -0.346 e. The molecule has 0 bridgehead atoms. The van der Waals surface area contributed by atoms with E-state index in [9.17, 15) is 35.5 Å². The fraction of sp³-hybridized carbons (Fsp3) is 0.150. The molecule has 3 rings (SSSR count). The summed E-state index contributed by atoms with van der Waals surface area (Å²) < 4.78 is 93.3. The number of rotatable bonds is 4. The molecule has 1 N–H and O–H groups in total. The summed E-state index contributed by atoms with van der Waals surface area (Å²) in [6.45, 7) is -0.694. The average molecular weight is 456 g/mol. The number of benzene rings is 2. The lowest BCUT2D eigenvalue weighted by atomic mass is 10.1. The molecule has 3 aromatic rings. The maximum atomic E-state index is 13.4. The molecule has 0 aliphatic heterocycles. The third kappa shape index (κ3) is 4.88. The first-order valence-electron chi connectivity index (χ1n) is 8.71. The molecule has 32 heavy (non-hydrogen) atoms. The first-order valence-corrected chi connectivity index (χ1v) is 8.71. The fourth-order valence-electron chi connectivity index (χ4n) is 2.78. The molecule has 12 heteroatoms. The Balaban J connectivity index is 1.94. The van der Waals surface area contributed by atoms with Gasteiger partial charge < -0.3 is 5.32 Å². The van der Waals surface area contributed by atoms with Crippen LogP contribution in [-0.4, -0.2) is 15.7 Å². The minimum atomic E-state index is -4.91. The summed E-state index contributed by atoms with van der Waals surface area (Å²) in [5, 5.41) is 14.7. The molecule has 0 fully saturated rings. The lowest BCUT2D eigenvalue weighted by molar-refractivity contribution is -0.139. The van der Waals surface area contributed by atoms with Gasteiger partial charge in [-0.25, -0.2) is 9.07 Å². The van der Waals surface area contributed by atoms with Crippen LogP contribution in [-0.2, 0) is 18.9 Å². The number of aromatic nitrogens is 2. The second-order valence-corrected chi connectivity index (χ2v) is 6.46. The van der Waals surface area contributed by atoms with Crippen molar-refractivity contribution in [2.75, 3.05) is 0 Å². The SMILES string of the molecule is N#Cc1ccc(-n2cc(C(F)(F)F)c(CNC(=O)c3ccc(F)cc3)n2)cc1C(F)(F)F. The predicted molar refractivity (Wildman–Crippen MR) is 95.9 cm³/mol. The van der Waals surface area contributed by atoms with Crippen molar-refractivity contribution in [1.82, 2.24) is 15.1 Å². The molecule has 0 atom stereocenters. The van der Waals surface area contributed by atoms with Gasteiger partial charge in [0.1, 0.15) is 5.82 Å². The van der Waals surface area contributed by atoms with Gasteiger partial charge in [-0.15, -0.1) is 0 Å². The van der Waals surface area contributed by atoms with Crippen molar-refractivity contribution in [2.24, 2.45) is 0 Å². The van der Waals surface area contributed by atoms with Crippen molar-refractivity contribution < 1.29 is 35.5 Å². The van der Waals surface area contributed by atoms with Crippen molar-refractivity contribution in [3.8, 4) is 11.8 Å². The van der Waals surface area contributed by atoms with Gasteiger partial charge >= 0.3 is 12.4 Å². The summed E-state index contributed by atoms with van der Waals surface area (Å²) in [7, 11) is 0. The summed E-state index contributed by atoms with van der Waals surface area (Å²) >= 11 is 0. The molecule has 0 aliphatic carbocycles. The van der Waals surface area contributed by atoms with Crippen molar-refractivity contribution in [1.29, 1.82) is 5.26 Å². The second kappa shape index (κ2) is 8.33. The molecular weight excluding hydrogens is 445 g/mol. The number of halogens is 7. The third-order valence-electron chi connectivity index (χ3n) is 4.31. The minimum absolute atomic E-state index is 0.0127. The number of hydrogen-bond donors (Lipinski definition) is 1. The number of nitrogens with zero attached hydrogens (tertiary/aromatic N) is 3. The normalized spacial score (nSPS) is 11.8. The van der Waals surface area contributed by atoms with Crippen molar-refractivity contribution in [2.45, 2.75) is 18.9 Å². The van der Waals surface area contributed by atoms with Crippen molar-refractivity contribution >= 4 is 5.91 Å². The van der Waals surface area contributed by atoms with Crippen LogP contribution in [0.5, 0.6) is 0 Å². The second-order valence-electron chi connectivity index (χ2n) is 6.46.